The van der Waals surface area contributed by atoms with Gasteiger partial charge in [0, 0.05) is 11.4 Å². The summed E-state index contributed by atoms with van der Waals surface area (Å²) in [7, 11) is 0. The fourth-order valence-corrected chi connectivity index (χ4v) is 3.82. The summed E-state index contributed by atoms with van der Waals surface area (Å²) in [6.45, 7) is 2.96. The predicted octanol–water partition coefficient (Wildman–Crippen LogP) is 2.77. The molecule has 2 N–H and O–H groups in total. The molecule has 1 amide bonds. The number of thiophene rings is 1. The highest BCUT2D eigenvalue weighted by Gasteiger charge is 2.20. The van der Waals surface area contributed by atoms with Gasteiger partial charge in [-0.15, -0.1) is 11.3 Å². The van der Waals surface area contributed by atoms with Crippen LogP contribution in [0.25, 0.3) is 0 Å². The zero-order chi connectivity index (χ0) is 13.8. The van der Waals surface area contributed by atoms with Gasteiger partial charge in [-0.05, 0) is 44.2 Å². The number of hydrogen-bond donors (Lipinski definition) is 1. The maximum absolute atomic E-state index is 12.4. The van der Waals surface area contributed by atoms with Gasteiger partial charge in [0.25, 0.3) is 5.91 Å². The second-order valence-electron chi connectivity index (χ2n) is 4.91. The van der Waals surface area contributed by atoms with Crippen LogP contribution >= 0.6 is 23.6 Å². The van der Waals surface area contributed by atoms with Crippen LogP contribution in [-0.4, -0.2) is 28.9 Å². The van der Waals surface area contributed by atoms with Crippen molar-refractivity contribution in [1.82, 2.24) is 4.90 Å². The van der Waals surface area contributed by atoms with E-state index < -0.39 is 0 Å². The number of likely N-dealkylation sites (N-methyl/N-ethyl adjacent to an activating group) is 1. The number of rotatable bonds is 4. The molecule has 0 saturated carbocycles. The van der Waals surface area contributed by atoms with Crippen LogP contribution in [0.3, 0.4) is 0 Å². The van der Waals surface area contributed by atoms with Crippen LogP contribution in [0.2, 0.25) is 0 Å². The number of aryl methyl sites for hydroxylation is 2. The highest BCUT2D eigenvalue weighted by Crippen LogP contribution is 2.29. The van der Waals surface area contributed by atoms with E-state index in [1.54, 1.807) is 16.2 Å². The molecular weight excluding hydrogens is 276 g/mol. The highest BCUT2D eigenvalue weighted by molar-refractivity contribution is 7.80. The quantitative estimate of drug-likeness (QED) is 0.686. The van der Waals surface area contributed by atoms with Gasteiger partial charge in [0.05, 0.1) is 16.4 Å². The van der Waals surface area contributed by atoms with Gasteiger partial charge in [-0.25, -0.2) is 0 Å². The van der Waals surface area contributed by atoms with Gasteiger partial charge >= 0.3 is 0 Å². The first-order valence-electron chi connectivity index (χ1n) is 6.81. The Morgan fingerprint density at radius 2 is 2.16 bits per heavy atom. The molecule has 0 atom stereocenters. The molecule has 0 aliphatic heterocycles. The van der Waals surface area contributed by atoms with E-state index in [2.05, 4.69) is 6.07 Å². The first-order chi connectivity index (χ1) is 9.11. The van der Waals surface area contributed by atoms with Gasteiger partial charge in [-0.1, -0.05) is 18.6 Å². The molecule has 0 unspecified atom stereocenters. The molecule has 0 aromatic carbocycles. The van der Waals surface area contributed by atoms with Gasteiger partial charge in [0.1, 0.15) is 0 Å². The van der Waals surface area contributed by atoms with Crippen molar-refractivity contribution >= 4 is 34.5 Å². The molecule has 0 saturated heterocycles. The molecule has 1 heterocycles. The number of thiocarbonyl (C=S) groups is 1. The van der Waals surface area contributed by atoms with E-state index in [0.29, 0.717) is 18.1 Å². The average molecular weight is 296 g/mol. The zero-order valence-electron chi connectivity index (χ0n) is 11.3. The topological polar surface area (TPSA) is 46.3 Å². The maximum Gasteiger partial charge on any atom is 0.264 e. The number of carbonyl (C=O) groups excluding carboxylic acids is 1. The molecule has 0 spiro atoms. The van der Waals surface area contributed by atoms with Gasteiger partial charge in [0.2, 0.25) is 0 Å². The van der Waals surface area contributed by atoms with Crippen molar-refractivity contribution in [3.63, 3.8) is 0 Å². The van der Waals surface area contributed by atoms with Crippen molar-refractivity contribution < 1.29 is 4.79 Å². The highest BCUT2D eigenvalue weighted by atomic mass is 32.1. The van der Waals surface area contributed by atoms with Crippen molar-refractivity contribution in [3.05, 3.63) is 21.4 Å². The maximum atomic E-state index is 12.4. The lowest BCUT2D eigenvalue weighted by Crippen LogP contribution is -2.37. The third kappa shape index (κ3) is 3.54. The molecule has 0 radical (unpaired) electrons. The third-order valence-electron chi connectivity index (χ3n) is 3.47. The summed E-state index contributed by atoms with van der Waals surface area (Å²) in [6.07, 6.45) is 6.01. The number of amides is 1. The normalized spacial score (nSPS) is 14.6. The fourth-order valence-electron chi connectivity index (χ4n) is 2.44. The molecule has 1 aromatic rings. The van der Waals surface area contributed by atoms with E-state index in [1.807, 2.05) is 6.92 Å². The summed E-state index contributed by atoms with van der Waals surface area (Å²) in [5.74, 6) is 0.0633. The van der Waals surface area contributed by atoms with E-state index >= 15 is 0 Å². The second-order valence-corrected chi connectivity index (χ2v) is 6.57. The number of fused-ring (bicyclic) bond motifs is 1. The zero-order valence-corrected chi connectivity index (χ0v) is 12.9. The first-order valence-corrected chi connectivity index (χ1v) is 8.03. The number of nitrogens with zero attached hydrogens (tertiary/aromatic N) is 1. The third-order valence-corrected chi connectivity index (χ3v) is 4.83. The minimum absolute atomic E-state index is 0.0633. The van der Waals surface area contributed by atoms with Crippen LogP contribution < -0.4 is 5.73 Å². The Kier molecular flexibility index (Phi) is 4.93. The van der Waals surface area contributed by atoms with Gasteiger partial charge in [0.15, 0.2) is 0 Å². The SMILES string of the molecule is CCN(CC(N)=S)C(=O)c1cc2c(s1)CCCCC2. The molecule has 2 rings (SSSR count). The van der Waals surface area contributed by atoms with Crippen molar-refractivity contribution in [2.45, 2.75) is 39.0 Å². The minimum atomic E-state index is 0.0633. The van der Waals surface area contributed by atoms with E-state index in [4.69, 9.17) is 18.0 Å². The summed E-state index contributed by atoms with van der Waals surface area (Å²) in [5, 5.41) is 0. The van der Waals surface area contributed by atoms with Gasteiger partial charge in [-0.3, -0.25) is 4.79 Å². The standard InChI is InChI=1S/C14H20N2OS2/c1-2-16(9-13(15)18)14(17)12-8-10-6-4-3-5-7-11(10)19-12/h8H,2-7,9H2,1H3,(H2,15,18). The fraction of sp³-hybridized carbons (Fsp3) is 0.571. The number of nitrogens with two attached hydrogens (primary N) is 1. The van der Waals surface area contributed by atoms with E-state index in [0.717, 1.165) is 17.7 Å². The van der Waals surface area contributed by atoms with Crippen molar-refractivity contribution in [2.75, 3.05) is 13.1 Å². The van der Waals surface area contributed by atoms with Gasteiger partial charge in [-0.2, -0.15) is 0 Å². The molecule has 5 heteroatoms. The smallest absolute Gasteiger partial charge is 0.264 e. The Morgan fingerprint density at radius 1 is 1.42 bits per heavy atom. The lowest BCUT2D eigenvalue weighted by Gasteiger charge is -2.19. The minimum Gasteiger partial charge on any atom is -0.392 e. The van der Waals surface area contributed by atoms with Crippen LogP contribution in [0, 0.1) is 0 Å². The number of hydrogen-bond acceptors (Lipinski definition) is 3. The Morgan fingerprint density at radius 3 is 2.84 bits per heavy atom. The first kappa shape index (κ1) is 14.5. The molecule has 19 heavy (non-hydrogen) atoms. The largest absolute Gasteiger partial charge is 0.392 e. The summed E-state index contributed by atoms with van der Waals surface area (Å²) >= 11 is 6.55. The Hall–Kier alpha value is -0.940. The molecule has 1 aliphatic carbocycles. The van der Waals surface area contributed by atoms with Crippen LogP contribution in [-0.2, 0) is 12.8 Å². The monoisotopic (exact) mass is 296 g/mol. The summed E-state index contributed by atoms with van der Waals surface area (Å²) in [4.78, 5) is 16.8. The van der Waals surface area contributed by atoms with E-state index in [1.165, 1.54) is 29.7 Å². The van der Waals surface area contributed by atoms with Crippen LogP contribution in [0.15, 0.2) is 6.07 Å². The van der Waals surface area contributed by atoms with Crippen LogP contribution in [0.4, 0.5) is 0 Å². The Bertz CT molecular complexity index is 458. The van der Waals surface area contributed by atoms with E-state index in [9.17, 15) is 4.79 Å². The molecule has 1 aromatic heterocycles. The Labute approximate surface area is 123 Å². The predicted molar refractivity (Wildman–Crippen MR) is 83.9 cm³/mol. The van der Waals surface area contributed by atoms with Crippen molar-refractivity contribution in [2.24, 2.45) is 5.73 Å². The molecule has 3 nitrogen and oxygen atoms in total. The van der Waals surface area contributed by atoms with Crippen LogP contribution in [0.5, 0.6) is 0 Å². The summed E-state index contributed by atoms with van der Waals surface area (Å²) < 4.78 is 0. The lowest BCUT2D eigenvalue weighted by molar-refractivity contribution is 0.0792. The lowest BCUT2D eigenvalue weighted by atomic mass is 10.1. The molecular formula is C14H20N2OS2. The summed E-state index contributed by atoms with van der Waals surface area (Å²) in [6, 6.07) is 2.08. The van der Waals surface area contributed by atoms with Crippen molar-refractivity contribution in [1.29, 1.82) is 0 Å². The average Bonchev–Trinajstić information content (AvgIpc) is 2.66. The van der Waals surface area contributed by atoms with Gasteiger partial charge < -0.3 is 10.6 Å². The molecule has 104 valence electrons. The van der Waals surface area contributed by atoms with E-state index in [-0.39, 0.29) is 5.91 Å². The summed E-state index contributed by atoms with van der Waals surface area (Å²) in [5.41, 5.74) is 6.92. The molecule has 0 fully saturated rings. The second kappa shape index (κ2) is 6.48. The molecule has 1 aliphatic rings. The van der Waals surface area contributed by atoms with Crippen molar-refractivity contribution in [3.8, 4) is 0 Å². The molecule has 0 bridgehead atoms. The van der Waals surface area contributed by atoms with Crippen LogP contribution in [0.1, 0.15) is 46.3 Å². The Balaban J connectivity index is 2.16. The number of carbonyl (C=O) groups is 1.